The lowest BCUT2D eigenvalue weighted by molar-refractivity contribution is -0.917. The minimum atomic E-state index is 0.00913. The first-order chi connectivity index (χ1) is 18.0. The average Bonchev–Trinajstić information content (AvgIpc) is 3.53. The molecule has 2 aliphatic heterocycles. The topological polar surface area (TPSA) is 73.4 Å². The highest BCUT2D eigenvalue weighted by molar-refractivity contribution is 5.99. The maximum Gasteiger partial charge on any atom is 0.259 e. The third kappa shape index (κ3) is 4.53. The molecule has 0 aliphatic carbocycles. The molecule has 8 nitrogen and oxygen atoms in total. The number of piperazine rings is 1. The minimum absolute atomic E-state index is 0.00913. The molecule has 2 aliphatic rings. The highest BCUT2D eigenvalue weighted by Gasteiger charge is 2.28. The van der Waals surface area contributed by atoms with Crippen molar-refractivity contribution in [1.29, 1.82) is 0 Å². The Balaban J connectivity index is 1.15. The van der Waals surface area contributed by atoms with Crippen LogP contribution >= 0.6 is 0 Å². The van der Waals surface area contributed by atoms with E-state index in [1.165, 1.54) is 21.6 Å². The van der Waals surface area contributed by atoms with Gasteiger partial charge < -0.3 is 19.3 Å². The lowest BCUT2D eigenvalue weighted by Gasteiger charge is -2.32. The second-order valence-corrected chi connectivity index (χ2v) is 10.1. The molecule has 2 aromatic heterocycles. The number of nitrogens with zero attached hydrogens (tertiary/aromatic N) is 4. The minimum Gasteiger partial charge on any atom is -0.454 e. The molecule has 1 fully saturated rings. The Hall–Kier alpha value is -3.91. The SMILES string of the molecule is Cc1cccc(Cc2c(C)nc3c(C(=O)N4CC[NH+](Cc5ccc6c(c5)OCO6)CC4)cnn3c2C)c1. The van der Waals surface area contributed by atoms with Crippen LogP contribution in [0.4, 0.5) is 0 Å². The second kappa shape index (κ2) is 9.52. The van der Waals surface area contributed by atoms with Crippen LogP contribution < -0.4 is 14.4 Å². The second-order valence-electron chi connectivity index (χ2n) is 10.1. The number of carbonyl (C=O) groups excluding carboxylic acids is 1. The number of nitrogens with one attached hydrogen (secondary N) is 1. The Kier molecular flexibility index (Phi) is 6.04. The van der Waals surface area contributed by atoms with E-state index in [9.17, 15) is 4.79 Å². The fraction of sp³-hybridized carbons (Fsp3) is 0.345. The van der Waals surface area contributed by atoms with Crippen molar-refractivity contribution in [2.45, 2.75) is 33.7 Å². The molecule has 2 aromatic carbocycles. The number of ether oxygens (including phenoxy) is 2. The Bertz CT molecular complexity index is 1490. The van der Waals surface area contributed by atoms with E-state index in [2.05, 4.69) is 55.3 Å². The van der Waals surface area contributed by atoms with Gasteiger partial charge in [0.25, 0.3) is 5.91 Å². The number of hydrogen-bond acceptors (Lipinski definition) is 5. The predicted molar refractivity (Wildman–Crippen MR) is 139 cm³/mol. The summed E-state index contributed by atoms with van der Waals surface area (Å²) < 4.78 is 12.8. The number of aromatic nitrogens is 3. The molecule has 6 rings (SSSR count). The quantitative estimate of drug-likeness (QED) is 0.458. The molecule has 0 unspecified atom stereocenters. The summed E-state index contributed by atoms with van der Waals surface area (Å²) in [6, 6.07) is 14.7. The van der Waals surface area contributed by atoms with Crippen LogP contribution in [-0.4, -0.2) is 58.4 Å². The van der Waals surface area contributed by atoms with E-state index in [-0.39, 0.29) is 12.7 Å². The van der Waals surface area contributed by atoms with Crippen molar-refractivity contribution in [3.63, 3.8) is 0 Å². The van der Waals surface area contributed by atoms with Gasteiger partial charge in [0.05, 0.1) is 32.4 Å². The van der Waals surface area contributed by atoms with Crippen LogP contribution in [0.1, 0.15) is 44.0 Å². The molecular formula is C29H32N5O3+. The van der Waals surface area contributed by atoms with Crippen molar-refractivity contribution < 1.29 is 19.2 Å². The van der Waals surface area contributed by atoms with Gasteiger partial charge in [-0.3, -0.25) is 4.79 Å². The number of benzene rings is 2. The summed E-state index contributed by atoms with van der Waals surface area (Å²) >= 11 is 0. The zero-order chi connectivity index (χ0) is 25.5. The molecule has 8 heteroatoms. The first kappa shape index (κ1) is 23.5. The maximum atomic E-state index is 13.5. The molecule has 0 atom stereocenters. The van der Waals surface area contributed by atoms with Crippen molar-refractivity contribution in [2.75, 3.05) is 33.0 Å². The molecule has 37 heavy (non-hydrogen) atoms. The molecule has 1 amide bonds. The smallest absolute Gasteiger partial charge is 0.259 e. The van der Waals surface area contributed by atoms with Crippen LogP contribution in [0.5, 0.6) is 11.5 Å². The molecule has 4 aromatic rings. The van der Waals surface area contributed by atoms with Gasteiger partial charge in [-0.05, 0) is 50.1 Å². The van der Waals surface area contributed by atoms with Gasteiger partial charge in [-0.25, -0.2) is 9.50 Å². The van der Waals surface area contributed by atoms with Crippen LogP contribution in [0.3, 0.4) is 0 Å². The summed E-state index contributed by atoms with van der Waals surface area (Å²) in [6.07, 6.45) is 2.47. The van der Waals surface area contributed by atoms with E-state index in [4.69, 9.17) is 14.5 Å². The van der Waals surface area contributed by atoms with Crippen LogP contribution in [0.25, 0.3) is 5.65 Å². The van der Waals surface area contributed by atoms with Crippen molar-refractivity contribution in [3.05, 3.63) is 87.9 Å². The van der Waals surface area contributed by atoms with Gasteiger partial charge in [0, 0.05) is 23.4 Å². The monoisotopic (exact) mass is 498 g/mol. The molecule has 0 bridgehead atoms. The van der Waals surface area contributed by atoms with Gasteiger partial charge in [-0.2, -0.15) is 5.10 Å². The molecular weight excluding hydrogens is 466 g/mol. The summed E-state index contributed by atoms with van der Waals surface area (Å²) in [5, 5.41) is 4.57. The Morgan fingerprint density at radius 1 is 1.00 bits per heavy atom. The number of carbonyl (C=O) groups is 1. The standard InChI is InChI=1S/C29H31N5O3/c1-19-5-4-6-22(13-19)14-24-20(2)31-28-25(16-30-34(28)21(24)3)29(35)33-11-9-32(10-12-33)17-23-7-8-26-27(15-23)37-18-36-26/h4-8,13,15-16H,9-12,14,17-18H2,1-3H3/p+1. The highest BCUT2D eigenvalue weighted by Crippen LogP contribution is 2.32. The van der Waals surface area contributed by atoms with Crippen LogP contribution in [-0.2, 0) is 13.0 Å². The van der Waals surface area contributed by atoms with E-state index in [1.54, 1.807) is 6.20 Å². The van der Waals surface area contributed by atoms with E-state index in [0.717, 1.165) is 54.5 Å². The first-order valence-corrected chi connectivity index (χ1v) is 12.9. The summed E-state index contributed by atoms with van der Waals surface area (Å²) in [5.74, 6) is 1.64. The molecule has 4 heterocycles. The lowest BCUT2D eigenvalue weighted by Crippen LogP contribution is -3.13. The van der Waals surface area contributed by atoms with E-state index in [0.29, 0.717) is 24.3 Å². The number of rotatable bonds is 5. The fourth-order valence-electron chi connectivity index (χ4n) is 5.46. The number of quaternary nitrogens is 1. The predicted octanol–water partition coefficient (Wildman–Crippen LogP) is 2.51. The molecule has 1 N–H and O–H groups in total. The lowest BCUT2D eigenvalue weighted by atomic mass is 10.0. The number of hydrogen-bond donors (Lipinski definition) is 1. The first-order valence-electron chi connectivity index (χ1n) is 12.9. The van der Waals surface area contributed by atoms with Crippen molar-refractivity contribution in [1.82, 2.24) is 19.5 Å². The van der Waals surface area contributed by atoms with Gasteiger partial charge in [-0.15, -0.1) is 0 Å². The van der Waals surface area contributed by atoms with Crippen LogP contribution in [0.15, 0.2) is 48.7 Å². The molecule has 0 saturated carbocycles. The van der Waals surface area contributed by atoms with Gasteiger partial charge >= 0.3 is 0 Å². The number of amides is 1. The van der Waals surface area contributed by atoms with Crippen molar-refractivity contribution in [2.24, 2.45) is 0 Å². The van der Waals surface area contributed by atoms with Gasteiger partial charge in [0.2, 0.25) is 6.79 Å². The largest absolute Gasteiger partial charge is 0.454 e. The fourth-order valence-corrected chi connectivity index (χ4v) is 5.46. The zero-order valence-corrected chi connectivity index (χ0v) is 21.6. The third-order valence-corrected chi connectivity index (χ3v) is 7.55. The Morgan fingerprint density at radius 2 is 1.81 bits per heavy atom. The molecule has 1 saturated heterocycles. The maximum absolute atomic E-state index is 13.5. The summed E-state index contributed by atoms with van der Waals surface area (Å²) in [5.41, 5.74) is 8.05. The highest BCUT2D eigenvalue weighted by atomic mass is 16.7. The summed E-state index contributed by atoms with van der Waals surface area (Å²) in [7, 11) is 0. The van der Waals surface area contributed by atoms with E-state index >= 15 is 0 Å². The van der Waals surface area contributed by atoms with Crippen molar-refractivity contribution in [3.8, 4) is 11.5 Å². The number of aryl methyl sites for hydroxylation is 3. The normalized spacial score (nSPS) is 15.5. The third-order valence-electron chi connectivity index (χ3n) is 7.55. The Morgan fingerprint density at radius 3 is 2.62 bits per heavy atom. The summed E-state index contributed by atoms with van der Waals surface area (Å²) in [6.45, 7) is 10.6. The average molecular weight is 499 g/mol. The van der Waals surface area contributed by atoms with Gasteiger partial charge in [0.15, 0.2) is 17.1 Å². The zero-order valence-electron chi connectivity index (χ0n) is 21.6. The molecule has 0 radical (unpaired) electrons. The van der Waals surface area contributed by atoms with E-state index < -0.39 is 0 Å². The summed E-state index contributed by atoms with van der Waals surface area (Å²) in [4.78, 5) is 21.7. The van der Waals surface area contributed by atoms with Crippen molar-refractivity contribution >= 4 is 11.6 Å². The van der Waals surface area contributed by atoms with E-state index in [1.807, 2.05) is 22.4 Å². The number of fused-ring (bicyclic) bond motifs is 2. The van der Waals surface area contributed by atoms with Crippen LogP contribution in [0, 0.1) is 20.8 Å². The van der Waals surface area contributed by atoms with Gasteiger partial charge in [-0.1, -0.05) is 29.8 Å². The Labute approximate surface area is 216 Å². The molecule has 0 spiro atoms. The van der Waals surface area contributed by atoms with Crippen LogP contribution in [0.2, 0.25) is 0 Å². The van der Waals surface area contributed by atoms with Gasteiger partial charge in [0.1, 0.15) is 12.1 Å². The molecule has 190 valence electrons.